The Morgan fingerprint density at radius 2 is 1.75 bits per heavy atom. The number of ether oxygens (including phenoxy) is 1. The lowest BCUT2D eigenvalue weighted by Gasteiger charge is -2.06. The van der Waals surface area contributed by atoms with E-state index >= 15 is 0 Å². The number of halogens is 3. The molecule has 1 aromatic carbocycles. The van der Waals surface area contributed by atoms with Gasteiger partial charge in [0.2, 0.25) is 5.91 Å². The van der Waals surface area contributed by atoms with Gasteiger partial charge in [-0.15, -0.1) is 0 Å². The van der Waals surface area contributed by atoms with E-state index in [2.05, 4.69) is 20.9 Å². The third kappa shape index (κ3) is 11.2. The van der Waals surface area contributed by atoms with Crippen molar-refractivity contribution in [3.8, 4) is 5.75 Å². The lowest BCUT2D eigenvalue weighted by Crippen LogP contribution is -2.42. The molecule has 13 heteroatoms. The fourth-order valence-electron chi connectivity index (χ4n) is 1.38. The van der Waals surface area contributed by atoms with Gasteiger partial charge in [0, 0.05) is 12.7 Å². The molecule has 0 spiro atoms. The summed E-state index contributed by atoms with van der Waals surface area (Å²) in [6, 6.07) is 6.45. The second kappa shape index (κ2) is 12.0. The van der Waals surface area contributed by atoms with E-state index in [9.17, 15) is 22.8 Å². The molecule has 0 aliphatic heterocycles. The minimum Gasteiger partial charge on any atom is -0.494 e. The Morgan fingerprint density at radius 1 is 1.21 bits per heavy atom. The molecule has 0 saturated carbocycles. The van der Waals surface area contributed by atoms with Crippen molar-refractivity contribution < 1.29 is 37.4 Å². The molecule has 0 fully saturated rings. The van der Waals surface area contributed by atoms with E-state index in [4.69, 9.17) is 20.4 Å². The van der Waals surface area contributed by atoms with Crippen molar-refractivity contribution in [1.82, 2.24) is 10.6 Å². The predicted octanol–water partition coefficient (Wildman–Crippen LogP) is 0.901. The second-order valence-electron chi connectivity index (χ2n) is 4.71. The molecule has 0 saturated heterocycles. The zero-order valence-corrected chi connectivity index (χ0v) is 15.0. The minimum absolute atomic E-state index is 0.129. The number of benzene rings is 1. The van der Waals surface area contributed by atoms with Crippen molar-refractivity contribution in [1.29, 1.82) is 0 Å². The van der Waals surface area contributed by atoms with Gasteiger partial charge in [0.1, 0.15) is 12.3 Å². The van der Waals surface area contributed by atoms with Gasteiger partial charge in [-0.1, -0.05) is 0 Å². The van der Waals surface area contributed by atoms with E-state index in [0.29, 0.717) is 12.3 Å². The summed E-state index contributed by atoms with van der Waals surface area (Å²) in [4.78, 5) is 35.2. The van der Waals surface area contributed by atoms with Crippen molar-refractivity contribution in [3.05, 3.63) is 24.3 Å². The van der Waals surface area contributed by atoms with E-state index in [1.807, 2.05) is 6.92 Å². The number of guanidine groups is 1. The first-order valence-corrected chi connectivity index (χ1v) is 7.61. The molecular formula is C15H20F3N5O5. The van der Waals surface area contributed by atoms with Crippen molar-refractivity contribution >= 4 is 29.6 Å². The molecular weight excluding hydrogens is 387 g/mol. The number of carbonyl (C=O) groups is 3. The highest BCUT2D eigenvalue weighted by Gasteiger charge is 2.38. The standard InChI is InChI=1S/C13H19N5O3.C2HF3O2/c1-3-21-10-6-4-9(5-7-10)17-11(19)8-16-12(14)18-13(20)15-2;3-2(4,5)1(6)7/h4-7H,3,8H2,1-2H3,(H,17,19)(H4,14,15,16,18,20);(H,6,7). The minimum atomic E-state index is -5.08. The number of aliphatic carboxylic acids is 1. The van der Waals surface area contributed by atoms with E-state index < -0.39 is 18.2 Å². The number of amides is 3. The number of hydrogen-bond acceptors (Lipinski definition) is 5. The van der Waals surface area contributed by atoms with Crippen LogP contribution in [-0.2, 0) is 9.59 Å². The molecule has 1 aromatic rings. The number of urea groups is 1. The highest BCUT2D eigenvalue weighted by atomic mass is 19.4. The van der Waals surface area contributed by atoms with Crippen molar-refractivity contribution in [2.45, 2.75) is 13.1 Å². The maximum Gasteiger partial charge on any atom is 0.490 e. The smallest absolute Gasteiger partial charge is 0.490 e. The predicted molar refractivity (Wildman–Crippen MR) is 94.0 cm³/mol. The Balaban J connectivity index is 0.000000887. The highest BCUT2D eigenvalue weighted by molar-refractivity contribution is 5.98. The van der Waals surface area contributed by atoms with Crippen LogP contribution in [0.5, 0.6) is 5.75 Å². The van der Waals surface area contributed by atoms with Crippen LogP contribution < -0.4 is 26.4 Å². The first-order valence-electron chi connectivity index (χ1n) is 7.61. The summed E-state index contributed by atoms with van der Waals surface area (Å²) in [6.07, 6.45) is -5.08. The number of aliphatic imine (C=N–C) groups is 1. The van der Waals surface area contributed by atoms with Crippen LogP contribution in [0.15, 0.2) is 29.3 Å². The molecule has 0 aromatic heterocycles. The molecule has 28 heavy (non-hydrogen) atoms. The van der Waals surface area contributed by atoms with Crippen LogP contribution in [0.2, 0.25) is 0 Å². The molecule has 0 heterocycles. The van der Waals surface area contributed by atoms with Gasteiger partial charge in [-0.25, -0.2) is 14.6 Å². The number of carbonyl (C=O) groups excluding carboxylic acids is 2. The maximum atomic E-state index is 11.6. The Kier molecular flexibility index (Phi) is 10.5. The zero-order valence-electron chi connectivity index (χ0n) is 15.0. The van der Waals surface area contributed by atoms with Gasteiger partial charge in [0.25, 0.3) is 0 Å². The van der Waals surface area contributed by atoms with Crippen LogP contribution in [0.4, 0.5) is 23.7 Å². The molecule has 0 radical (unpaired) electrons. The quantitative estimate of drug-likeness (QED) is 0.361. The third-order valence-electron chi connectivity index (χ3n) is 2.55. The number of hydrogen-bond donors (Lipinski definition) is 5. The van der Waals surface area contributed by atoms with E-state index in [1.165, 1.54) is 7.05 Å². The summed E-state index contributed by atoms with van der Waals surface area (Å²) >= 11 is 0. The second-order valence-corrected chi connectivity index (χ2v) is 4.71. The van der Waals surface area contributed by atoms with E-state index in [1.54, 1.807) is 24.3 Å². The number of anilines is 1. The number of rotatable bonds is 5. The molecule has 0 unspecified atom stereocenters. The number of carboxylic acids is 1. The fourth-order valence-corrected chi connectivity index (χ4v) is 1.38. The maximum absolute atomic E-state index is 11.6. The first-order chi connectivity index (χ1) is 13.0. The van der Waals surface area contributed by atoms with Crippen LogP contribution in [0.1, 0.15) is 6.92 Å². The Bertz CT molecular complexity index is 692. The molecule has 0 aliphatic carbocycles. The monoisotopic (exact) mass is 407 g/mol. The molecule has 156 valence electrons. The Hall–Kier alpha value is -3.51. The summed E-state index contributed by atoms with van der Waals surface area (Å²) < 4.78 is 37.0. The SMILES string of the molecule is CCOc1ccc(NC(=O)CN=C(N)NC(=O)NC)cc1.O=C(O)C(F)(F)F. The van der Waals surface area contributed by atoms with Gasteiger partial charge in [-0.05, 0) is 31.2 Å². The van der Waals surface area contributed by atoms with E-state index in [-0.39, 0.29) is 18.4 Å². The number of nitrogens with one attached hydrogen (secondary N) is 3. The van der Waals surface area contributed by atoms with Gasteiger partial charge >= 0.3 is 18.2 Å². The number of alkyl halides is 3. The summed E-state index contributed by atoms with van der Waals surface area (Å²) in [7, 11) is 1.45. The topological polar surface area (TPSA) is 155 Å². The van der Waals surface area contributed by atoms with E-state index in [0.717, 1.165) is 5.75 Å². The molecule has 0 aliphatic rings. The average molecular weight is 407 g/mol. The molecule has 0 atom stereocenters. The van der Waals surface area contributed by atoms with Crippen molar-refractivity contribution in [3.63, 3.8) is 0 Å². The van der Waals surface area contributed by atoms with Gasteiger partial charge in [0.15, 0.2) is 5.96 Å². The summed E-state index contributed by atoms with van der Waals surface area (Å²) in [5.41, 5.74) is 6.05. The molecule has 6 N–H and O–H groups in total. The molecule has 1 rings (SSSR count). The van der Waals surface area contributed by atoms with Gasteiger partial charge in [0.05, 0.1) is 6.61 Å². The number of carboxylic acid groups (broad SMARTS) is 1. The average Bonchev–Trinajstić information content (AvgIpc) is 2.61. The van der Waals surface area contributed by atoms with Gasteiger partial charge < -0.3 is 26.2 Å². The van der Waals surface area contributed by atoms with Gasteiger partial charge in [-0.2, -0.15) is 13.2 Å². The molecule has 0 bridgehead atoms. The van der Waals surface area contributed by atoms with Crippen molar-refractivity contribution in [2.24, 2.45) is 10.7 Å². The Morgan fingerprint density at radius 3 is 2.18 bits per heavy atom. The largest absolute Gasteiger partial charge is 0.494 e. The zero-order chi connectivity index (χ0) is 21.7. The fraction of sp³-hybridized carbons (Fsp3) is 0.333. The van der Waals surface area contributed by atoms with Crippen LogP contribution in [0, 0.1) is 0 Å². The normalized spacial score (nSPS) is 10.8. The molecule has 3 amide bonds. The first kappa shape index (κ1) is 24.5. The summed E-state index contributed by atoms with van der Waals surface area (Å²) in [6.45, 7) is 2.28. The van der Waals surface area contributed by atoms with Crippen LogP contribution >= 0.6 is 0 Å². The van der Waals surface area contributed by atoms with Crippen LogP contribution in [0.25, 0.3) is 0 Å². The molecule has 10 nitrogen and oxygen atoms in total. The van der Waals surface area contributed by atoms with Crippen LogP contribution in [0.3, 0.4) is 0 Å². The lowest BCUT2D eigenvalue weighted by molar-refractivity contribution is -0.192. The van der Waals surface area contributed by atoms with Gasteiger partial charge in [-0.3, -0.25) is 10.1 Å². The number of nitrogens with zero attached hydrogens (tertiary/aromatic N) is 1. The van der Waals surface area contributed by atoms with Crippen molar-refractivity contribution in [2.75, 3.05) is 25.5 Å². The third-order valence-corrected chi connectivity index (χ3v) is 2.55. The Labute approximate surface area is 157 Å². The van der Waals surface area contributed by atoms with Crippen LogP contribution in [-0.4, -0.2) is 55.3 Å². The highest BCUT2D eigenvalue weighted by Crippen LogP contribution is 2.15. The summed E-state index contributed by atoms with van der Waals surface area (Å²) in [5.74, 6) is -2.50. The summed E-state index contributed by atoms with van der Waals surface area (Å²) in [5, 5.41) is 14.3. The number of nitrogens with two attached hydrogens (primary N) is 1. The lowest BCUT2D eigenvalue weighted by atomic mass is 10.3.